The molecule has 1 fully saturated rings. The number of pyridine rings is 1. The Morgan fingerprint density at radius 1 is 1.21 bits per heavy atom. The van der Waals surface area contributed by atoms with Crippen LogP contribution in [0.25, 0.3) is 23.2 Å². The maximum absolute atomic E-state index is 13.7. The summed E-state index contributed by atoms with van der Waals surface area (Å²) in [4.78, 5) is 6.86. The number of fused-ring (bicyclic) bond motifs is 3. The first-order valence-electron chi connectivity index (χ1n) is 8.29. The van der Waals surface area contributed by atoms with Gasteiger partial charge in [0.2, 0.25) is 0 Å². The third-order valence-corrected chi connectivity index (χ3v) is 4.62. The van der Waals surface area contributed by atoms with Crippen LogP contribution in [-0.4, -0.2) is 37.3 Å². The van der Waals surface area contributed by atoms with E-state index in [2.05, 4.69) is 15.2 Å². The number of rotatable bonds is 2. The van der Waals surface area contributed by atoms with Crippen LogP contribution in [-0.2, 0) is 4.74 Å². The van der Waals surface area contributed by atoms with Gasteiger partial charge in [0, 0.05) is 48.1 Å². The Balaban J connectivity index is 2.02. The molecule has 2 aliphatic rings. The second kappa shape index (κ2) is 6.02. The molecule has 4 rings (SSSR count). The molecule has 1 aromatic heterocycles. The number of hydrogen-bond acceptors (Lipinski definition) is 4. The molecule has 0 amide bonds. The van der Waals surface area contributed by atoms with Crippen LogP contribution in [0.2, 0.25) is 0 Å². The largest absolute Gasteiger partial charge is 0.493 e. The quantitative estimate of drug-likeness (QED) is 0.899. The molecule has 0 bridgehead atoms. The number of aromatic nitrogens is 1. The molecular formula is C18H19F2N3O. The minimum Gasteiger partial charge on any atom is -0.493 e. The predicted molar refractivity (Wildman–Crippen MR) is 90.1 cm³/mol. The monoisotopic (exact) mass is 331 g/mol. The number of benzene rings is 1. The smallest absolute Gasteiger partial charge is 0.161 e. The summed E-state index contributed by atoms with van der Waals surface area (Å²) < 4.78 is 33.1. The van der Waals surface area contributed by atoms with Crippen molar-refractivity contribution in [2.24, 2.45) is 0 Å². The standard InChI is InChI=1S/C18H19F2N3O/c1-2-11-7-13-14(10-24-11)12-8-15(19)16(20)9-17(12)22-18(13)23-5-3-21-4-6-23/h7-11,21H,2-6H2,1H3. The molecule has 126 valence electrons. The van der Waals surface area contributed by atoms with Crippen LogP contribution < -0.4 is 20.7 Å². The van der Waals surface area contributed by atoms with Crippen molar-refractivity contribution in [2.45, 2.75) is 19.4 Å². The zero-order valence-electron chi connectivity index (χ0n) is 13.5. The van der Waals surface area contributed by atoms with Gasteiger partial charge in [0.15, 0.2) is 11.6 Å². The van der Waals surface area contributed by atoms with E-state index >= 15 is 0 Å². The van der Waals surface area contributed by atoms with Crippen molar-refractivity contribution in [3.8, 4) is 0 Å². The molecule has 0 radical (unpaired) electrons. The molecule has 3 heterocycles. The average Bonchev–Trinajstić information content (AvgIpc) is 2.62. The Bertz CT molecular complexity index is 907. The molecule has 1 atom stereocenters. The Morgan fingerprint density at radius 3 is 2.71 bits per heavy atom. The van der Waals surface area contributed by atoms with Crippen molar-refractivity contribution in [1.29, 1.82) is 0 Å². The molecule has 0 spiro atoms. The van der Waals surface area contributed by atoms with E-state index in [1.807, 2.05) is 13.0 Å². The second-order valence-corrected chi connectivity index (χ2v) is 6.15. The molecule has 1 N–H and O–H groups in total. The van der Waals surface area contributed by atoms with Gasteiger partial charge < -0.3 is 15.0 Å². The second-order valence-electron chi connectivity index (χ2n) is 6.15. The van der Waals surface area contributed by atoms with Gasteiger partial charge in [-0.1, -0.05) is 6.92 Å². The van der Waals surface area contributed by atoms with E-state index in [4.69, 9.17) is 4.74 Å². The van der Waals surface area contributed by atoms with Gasteiger partial charge in [-0.3, -0.25) is 0 Å². The van der Waals surface area contributed by atoms with Crippen LogP contribution in [0.15, 0.2) is 12.1 Å². The number of halogens is 2. The third-order valence-electron chi connectivity index (χ3n) is 4.62. The summed E-state index contributed by atoms with van der Waals surface area (Å²) in [7, 11) is 0. The first-order chi connectivity index (χ1) is 11.7. The zero-order chi connectivity index (χ0) is 16.7. The number of anilines is 1. The first-order valence-corrected chi connectivity index (χ1v) is 8.29. The molecule has 2 aromatic rings. The summed E-state index contributed by atoms with van der Waals surface area (Å²) in [5.41, 5.74) is 0.449. The van der Waals surface area contributed by atoms with E-state index < -0.39 is 11.6 Å². The molecule has 24 heavy (non-hydrogen) atoms. The highest BCUT2D eigenvalue weighted by Gasteiger charge is 2.19. The number of ether oxygens (including phenoxy) is 1. The van der Waals surface area contributed by atoms with Gasteiger partial charge >= 0.3 is 0 Å². The number of nitrogens with one attached hydrogen (secondary N) is 1. The van der Waals surface area contributed by atoms with E-state index in [-0.39, 0.29) is 6.10 Å². The summed E-state index contributed by atoms with van der Waals surface area (Å²) in [6, 6.07) is 2.37. The molecule has 2 aliphatic heterocycles. The number of hydrogen-bond donors (Lipinski definition) is 1. The molecule has 0 saturated carbocycles. The molecule has 0 aliphatic carbocycles. The van der Waals surface area contributed by atoms with E-state index in [9.17, 15) is 8.78 Å². The Morgan fingerprint density at radius 2 is 1.96 bits per heavy atom. The van der Waals surface area contributed by atoms with E-state index in [0.717, 1.165) is 54.9 Å². The highest BCUT2D eigenvalue weighted by atomic mass is 19.2. The SMILES string of the molecule is CCC1C=c2c(N3CCNCC3)nc3cc(F)c(F)cc3c2=CO1. The van der Waals surface area contributed by atoms with Crippen LogP contribution in [0.1, 0.15) is 13.3 Å². The minimum atomic E-state index is -0.881. The Kier molecular flexibility index (Phi) is 3.84. The molecule has 1 saturated heterocycles. The summed E-state index contributed by atoms with van der Waals surface area (Å²) in [6.45, 7) is 5.47. The van der Waals surface area contributed by atoms with Gasteiger partial charge in [-0.25, -0.2) is 13.8 Å². The maximum atomic E-state index is 13.7. The molecule has 1 unspecified atom stereocenters. The van der Waals surface area contributed by atoms with E-state index in [1.165, 1.54) is 6.07 Å². The summed E-state index contributed by atoms with van der Waals surface area (Å²) >= 11 is 0. The topological polar surface area (TPSA) is 37.4 Å². The summed E-state index contributed by atoms with van der Waals surface area (Å²) in [6.07, 6.45) is 4.52. The molecular weight excluding hydrogens is 312 g/mol. The van der Waals surface area contributed by atoms with Crippen molar-refractivity contribution >= 4 is 29.1 Å². The van der Waals surface area contributed by atoms with Gasteiger partial charge in [-0.15, -0.1) is 0 Å². The predicted octanol–water partition coefficient (Wildman–Crippen LogP) is 1.25. The Labute approximate surface area is 138 Å². The highest BCUT2D eigenvalue weighted by Crippen LogP contribution is 2.18. The lowest BCUT2D eigenvalue weighted by Gasteiger charge is -2.30. The van der Waals surface area contributed by atoms with Crippen molar-refractivity contribution in [1.82, 2.24) is 10.3 Å². The fourth-order valence-corrected chi connectivity index (χ4v) is 3.29. The summed E-state index contributed by atoms with van der Waals surface area (Å²) in [5.74, 6) is -0.927. The number of nitrogens with zero attached hydrogens (tertiary/aromatic N) is 2. The highest BCUT2D eigenvalue weighted by molar-refractivity contribution is 5.83. The van der Waals surface area contributed by atoms with Gasteiger partial charge in [0.25, 0.3) is 0 Å². The van der Waals surface area contributed by atoms with Crippen LogP contribution in [0, 0.1) is 11.6 Å². The summed E-state index contributed by atoms with van der Waals surface area (Å²) in [5, 5.41) is 5.62. The maximum Gasteiger partial charge on any atom is 0.161 e. The van der Waals surface area contributed by atoms with Crippen LogP contribution >= 0.6 is 0 Å². The first kappa shape index (κ1) is 15.3. The van der Waals surface area contributed by atoms with Gasteiger partial charge in [0.05, 0.1) is 11.8 Å². The zero-order valence-corrected chi connectivity index (χ0v) is 13.5. The lowest BCUT2D eigenvalue weighted by molar-refractivity contribution is 0.232. The van der Waals surface area contributed by atoms with Crippen molar-refractivity contribution in [3.63, 3.8) is 0 Å². The van der Waals surface area contributed by atoms with E-state index in [1.54, 1.807) is 6.26 Å². The third kappa shape index (κ3) is 2.51. The van der Waals surface area contributed by atoms with Crippen LogP contribution in [0.3, 0.4) is 0 Å². The lowest BCUT2D eigenvalue weighted by Crippen LogP contribution is -2.48. The van der Waals surface area contributed by atoms with Crippen molar-refractivity contribution in [3.05, 3.63) is 34.2 Å². The van der Waals surface area contributed by atoms with Gasteiger partial charge in [-0.05, 0) is 18.6 Å². The average molecular weight is 331 g/mol. The fourth-order valence-electron chi connectivity index (χ4n) is 3.29. The minimum absolute atomic E-state index is 0.0243. The molecule has 6 heteroatoms. The van der Waals surface area contributed by atoms with Gasteiger partial charge in [-0.2, -0.15) is 0 Å². The fraction of sp³-hybridized carbons (Fsp3) is 0.389. The normalized spacial score (nSPS) is 20.1. The number of piperazine rings is 1. The van der Waals surface area contributed by atoms with Gasteiger partial charge in [0.1, 0.15) is 11.9 Å². The van der Waals surface area contributed by atoms with Crippen LogP contribution in [0.5, 0.6) is 0 Å². The lowest BCUT2D eigenvalue weighted by atomic mass is 10.1. The van der Waals surface area contributed by atoms with Crippen molar-refractivity contribution < 1.29 is 13.5 Å². The van der Waals surface area contributed by atoms with Crippen molar-refractivity contribution in [2.75, 3.05) is 31.1 Å². The molecule has 4 nitrogen and oxygen atoms in total. The molecule has 1 aromatic carbocycles. The Hall–Kier alpha value is -2.21. The van der Waals surface area contributed by atoms with E-state index in [0.29, 0.717) is 10.9 Å². The van der Waals surface area contributed by atoms with Crippen LogP contribution in [0.4, 0.5) is 14.6 Å².